The second kappa shape index (κ2) is 4.54. The van der Waals surface area contributed by atoms with E-state index in [1.54, 1.807) is 18.2 Å². The Hall–Kier alpha value is -0.660. The van der Waals surface area contributed by atoms with Crippen LogP contribution < -0.4 is 4.74 Å². The Kier molecular flexibility index (Phi) is 3.64. The van der Waals surface area contributed by atoms with Gasteiger partial charge in [0.25, 0.3) is 0 Å². The standard InChI is InChI=1S/C10H10Cl2O/c1-3-6-13-9-5-4-8(11)10(12)7(9)2/h3-5H,1,6H2,2H3. The third-order valence-corrected chi connectivity index (χ3v) is 2.55. The lowest BCUT2D eigenvalue weighted by molar-refractivity contribution is 0.360. The van der Waals surface area contributed by atoms with Gasteiger partial charge in [0.05, 0.1) is 10.0 Å². The minimum atomic E-state index is 0.471. The lowest BCUT2D eigenvalue weighted by Gasteiger charge is -2.08. The monoisotopic (exact) mass is 216 g/mol. The largest absolute Gasteiger partial charge is 0.489 e. The minimum Gasteiger partial charge on any atom is -0.489 e. The molecule has 13 heavy (non-hydrogen) atoms. The molecule has 0 N–H and O–H groups in total. The van der Waals surface area contributed by atoms with E-state index in [2.05, 4.69) is 6.58 Å². The van der Waals surface area contributed by atoms with Gasteiger partial charge in [0.2, 0.25) is 0 Å². The Bertz CT molecular complexity index is 321. The summed E-state index contributed by atoms with van der Waals surface area (Å²) in [5.74, 6) is 0.745. The molecule has 3 heteroatoms. The first kappa shape index (κ1) is 10.4. The van der Waals surface area contributed by atoms with Crippen LogP contribution in [0, 0.1) is 6.92 Å². The highest BCUT2D eigenvalue weighted by molar-refractivity contribution is 6.42. The van der Waals surface area contributed by atoms with E-state index in [9.17, 15) is 0 Å². The molecule has 70 valence electrons. The minimum absolute atomic E-state index is 0.471. The molecule has 0 heterocycles. The molecule has 1 aromatic carbocycles. The van der Waals surface area contributed by atoms with E-state index in [1.165, 1.54) is 0 Å². The molecule has 0 aromatic heterocycles. The molecular weight excluding hydrogens is 207 g/mol. The van der Waals surface area contributed by atoms with Crippen molar-refractivity contribution in [2.75, 3.05) is 6.61 Å². The van der Waals surface area contributed by atoms with Crippen molar-refractivity contribution in [3.63, 3.8) is 0 Å². The summed E-state index contributed by atoms with van der Waals surface area (Å²) in [5, 5.41) is 1.09. The van der Waals surface area contributed by atoms with Gasteiger partial charge in [0.15, 0.2) is 0 Å². The van der Waals surface area contributed by atoms with E-state index < -0.39 is 0 Å². The molecule has 0 amide bonds. The first-order chi connectivity index (χ1) is 6.16. The van der Waals surface area contributed by atoms with Gasteiger partial charge in [-0.1, -0.05) is 35.9 Å². The summed E-state index contributed by atoms with van der Waals surface area (Å²) in [7, 11) is 0. The maximum Gasteiger partial charge on any atom is 0.124 e. The highest BCUT2D eigenvalue weighted by atomic mass is 35.5. The van der Waals surface area contributed by atoms with Gasteiger partial charge in [-0.05, 0) is 19.1 Å². The number of ether oxygens (including phenoxy) is 1. The lowest BCUT2D eigenvalue weighted by Crippen LogP contribution is -1.95. The topological polar surface area (TPSA) is 9.23 Å². The first-order valence-electron chi connectivity index (χ1n) is 3.85. The first-order valence-corrected chi connectivity index (χ1v) is 4.60. The Labute approximate surface area is 87.9 Å². The summed E-state index contributed by atoms with van der Waals surface area (Å²) >= 11 is 11.7. The van der Waals surface area contributed by atoms with Crippen LogP contribution in [0.25, 0.3) is 0 Å². The lowest BCUT2D eigenvalue weighted by atomic mass is 10.2. The molecule has 0 saturated heterocycles. The van der Waals surface area contributed by atoms with E-state index >= 15 is 0 Å². The molecule has 0 saturated carbocycles. The second-order valence-corrected chi connectivity index (χ2v) is 3.37. The zero-order valence-corrected chi connectivity index (χ0v) is 8.82. The van der Waals surface area contributed by atoms with Gasteiger partial charge in [-0.2, -0.15) is 0 Å². The van der Waals surface area contributed by atoms with Crippen molar-refractivity contribution in [3.8, 4) is 5.75 Å². The highest BCUT2D eigenvalue weighted by Crippen LogP contribution is 2.31. The van der Waals surface area contributed by atoms with E-state index in [-0.39, 0.29) is 0 Å². The normalized spacial score (nSPS) is 9.77. The molecule has 0 unspecified atom stereocenters. The van der Waals surface area contributed by atoms with Gasteiger partial charge in [-0.3, -0.25) is 0 Å². The number of hydrogen-bond acceptors (Lipinski definition) is 1. The maximum atomic E-state index is 5.92. The van der Waals surface area contributed by atoms with Crippen LogP contribution >= 0.6 is 23.2 Å². The second-order valence-electron chi connectivity index (χ2n) is 2.58. The zero-order valence-electron chi connectivity index (χ0n) is 7.31. The van der Waals surface area contributed by atoms with E-state index in [0.717, 1.165) is 11.3 Å². The van der Waals surface area contributed by atoms with Crippen molar-refractivity contribution in [1.82, 2.24) is 0 Å². The molecule has 1 rings (SSSR count). The van der Waals surface area contributed by atoms with Gasteiger partial charge >= 0.3 is 0 Å². The van der Waals surface area contributed by atoms with E-state index in [1.807, 2.05) is 6.92 Å². The van der Waals surface area contributed by atoms with Crippen LogP contribution in [0.15, 0.2) is 24.8 Å². The van der Waals surface area contributed by atoms with Crippen LogP contribution in [-0.2, 0) is 0 Å². The third kappa shape index (κ3) is 2.39. The fourth-order valence-corrected chi connectivity index (χ4v) is 1.30. The fraction of sp³-hybridized carbons (Fsp3) is 0.200. The Morgan fingerprint density at radius 3 is 2.77 bits per heavy atom. The molecule has 0 fully saturated rings. The van der Waals surface area contributed by atoms with Gasteiger partial charge in [-0.25, -0.2) is 0 Å². The number of benzene rings is 1. The van der Waals surface area contributed by atoms with Crippen molar-refractivity contribution >= 4 is 23.2 Å². The van der Waals surface area contributed by atoms with Crippen molar-refractivity contribution in [1.29, 1.82) is 0 Å². The fourth-order valence-electron chi connectivity index (χ4n) is 0.939. The molecule has 0 aliphatic rings. The quantitative estimate of drug-likeness (QED) is 0.698. The van der Waals surface area contributed by atoms with E-state index in [4.69, 9.17) is 27.9 Å². The van der Waals surface area contributed by atoms with Crippen LogP contribution in [0.5, 0.6) is 5.75 Å². The summed E-state index contributed by atoms with van der Waals surface area (Å²) in [6, 6.07) is 3.52. The zero-order chi connectivity index (χ0) is 9.84. The van der Waals surface area contributed by atoms with Gasteiger partial charge in [-0.15, -0.1) is 0 Å². The van der Waals surface area contributed by atoms with Crippen molar-refractivity contribution in [2.24, 2.45) is 0 Å². The molecule has 0 radical (unpaired) electrons. The molecule has 0 spiro atoms. The number of hydrogen-bond donors (Lipinski definition) is 0. The van der Waals surface area contributed by atoms with Crippen LogP contribution in [0.4, 0.5) is 0 Å². The van der Waals surface area contributed by atoms with Crippen molar-refractivity contribution in [3.05, 3.63) is 40.4 Å². The summed E-state index contributed by atoms with van der Waals surface area (Å²) < 4.78 is 5.36. The molecule has 0 aliphatic carbocycles. The maximum absolute atomic E-state index is 5.92. The summed E-state index contributed by atoms with van der Waals surface area (Å²) in [6.45, 7) is 5.90. The van der Waals surface area contributed by atoms with Gasteiger partial charge in [0.1, 0.15) is 12.4 Å². The Morgan fingerprint density at radius 2 is 2.15 bits per heavy atom. The number of halogens is 2. The highest BCUT2D eigenvalue weighted by Gasteiger charge is 2.06. The number of rotatable bonds is 3. The average Bonchev–Trinajstić information content (AvgIpc) is 2.13. The third-order valence-electron chi connectivity index (χ3n) is 1.65. The van der Waals surface area contributed by atoms with Crippen LogP contribution in [0.2, 0.25) is 10.0 Å². The molecule has 1 nitrogen and oxygen atoms in total. The Morgan fingerprint density at radius 1 is 1.46 bits per heavy atom. The predicted molar refractivity (Wildman–Crippen MR) is 56.9 cm³/mol. The van der Waals surface area contributed by atoms with Gasteiger partial charge in [0, 0.05) is 5.56 Å². The molecule has 1 aromatic rings. The van der Waals surface area contributed by atoms with Crippen LogP contribution in [0.3, 0.4) is 0 Å². The smallest absolute Gasteiger partial charge is 0.124 e. The van der Waals surface area contributed by atoms with Crippen molar-refractivity contribution < 1.29 is 4.74 Å². The SMILES string of the molecule is C=CCOc1ccc(Cl)c(Cl)c1C. The average molecular weight is 217 g/mol. The summed E-state index contributed by atoms with van der Waals surface area (Å²) in [5.41, 5.74) is 0.857. The molecular formula is C10H10Cl2O. The summed E-state index contributed by atoms with van der Waals surface area (Å²) in [4.78, 5) is 0. The molecule has 0 atom stereocenters. The predicted octanol–water partition coefficient (Wildman–Crippen LogP) is 3.87. The van der Waals surface area contributed by atoms with Gasteiger partial charge < -0.3 is 4.74 Å². The molecule has 0 aliphatic heterocycles. The van der Waals surface area contributed by atoms with E-state index in [0.29, 0.717) is 16.7 Å². The van der Waals surface area contributed by atoms with Crippen LogP contribution in [0.1, 0.15) is 5.56 Å². The Balaban J connectivity index is 2.96. The summed E-state index contributed by atoms with van der Waals surface area (Å²) in [6.07, 6.45) is 1.68. The van der Waals surface area contributed by atoms with Crippen LogP contribution in [-0.4, -0.2) is 6.61 Å². The molecule has 0 bridgehead atoms. The van der Waals surface area contributed by atoms with Crippen molar-refractivity contribution in [2.45, 2.75) is 6.92 Å².